The fraction of sp³-hybridized carbons (Fsp3) is 0.364. The van der Waals surface area contributed by atoms with Crippen LogP contribution in [0.4, 0.5) is 14.5 Å². The highest BCUT2D eigenvalue weighted by Crippen LogP contribution is 2.19. The monoisotopic (exact) mass is 419 g/mol. The van der Waals surface area contributed by atoms with Gasteiger partial charge in [0.25, 0.3) is 0 Å². The summed E-state index contributed by atoms with van der Waals surface area (Å²) in [5, 5.41) is 5.68. The number of para-hydroxylation sites is 1. The second-order valence-electron chi connectivity index (χ2n) is 7.11. The van der Waals surface area contributed by atoms with Gasteiger partial charge in [0.15, 0.2) is 0 Å². The van der Waals surface area contributed by atoms with Gasteiger partial charge in [0.05, 0.1) is 13.1 Å². The van der Waals surface area contributed by atoms with E-state index in [1.54, 1.807) is 24.1 Å². The van der Waals surface area contributed by atoms with E-state index in [2.05, 4.69) is 15.4 Å². The average molecular weight is 419 g/mol. The molecular formula is C22H27F2N3O3. The van der Waals surface area contributed by atoms with Gasteiger partial charge in [0.1, 0.15) is 5.75 Å². The van der Waals surface area contributed by atoms with Crippen molar-refractivity contribution in [3.63, 3.8) is 0 Å². The predicted octanol–water partition coefficient (Wildman–Crippen LogP) is 3.13. The van der Waals surface area contributed by atoms with Crippen LogP contribution in [-0.2, 0) is 16.0 Å². The molecule has 0 unspecified atom stereocenters. The second-order valence-corrected chi connectivity index (χ2v) is 7.11. The summed E-state index contributed by atoms with van der Waals surface area (Å²) in [5.41, 5.74) is 3.65. The number of halogens is 2. The molecule has 0 aliphatic heterocycles. The number of carbonyl (C=O) groups excluding carboxylic acids is 2. The fourth-order valence-electron chi connectivity index (χ4n) is 2.98. The summed E-state index contributed by atoms with van der Waals surface area (Å²) >= 11 is 0. The first-order valence-electron chi connectivity index (χ1n) is 9.59. The Morgan fingerprint density at radius 2 is 1.60 bits per heavy atom. The van der Waals surface area contributed by atoms with E-state index >= 15 is 0 Å². The number of aryl methyl sites for hydroxylation is 2. The van der Waals surface area contributed by atoms with Crippen LogP contribution in [0.2, 0.25) is 0 Å². The summed E-state index contributed by atoms with van der Waals surface area (Å²) in [4.78, 5) is 26.0. The minimum Gasteiger partial charge on any atom is -0.435 e. The topological polar surface area (TPSA) is 70.7 Å². The number of nitrogens with one attached hydrogen (secondary N) is 2. The third-order valence-corrected chi connectivity index (χ3v) is 4.46. The maximum absolute atomic E-state index is 12.3. The molecule has 2 aromatic rings. The van der Waals surface area contributed by atoms with Gasteiger partial charge in [-0.3, -0.25) is 14.5 Å². The number of likely N-dealkylation sites (N-methyl/N-ethyl adjacent to an activating group) is 1. The lowest BCUT2D eigenvalue weighted by molar-refractivity contribution is -0.122. The molecule has 0 bridgehead atoms. The van der Waals surface area contributed by atoms with Gasteiger partial charge in [0, 0.05) is 12.2 Å². The number of ether oxygens (including phenoxy) is 1. The van der Waals surface area contributed by atoms with Crippen molar-refractivity contribution in [2.45, 2.75) is 26.9 Å². The van der Waals surface area contributed by atoms with Gasteiger partial charge >= 0.3 is 6.61 Å². The maximum Gasteiger partial charge on any atom is 0.387 e. The van der Waals surface area contributed by atoms with Crippen molar-refractivity contribution >= 4 is 17.5 Å². The Hall–Kier alpha value is -3.00. The van der Waals surface area contributed by atoms with Crippen LogP contribution in [0.3, 0.4) is 0 Å². The molecule has 0 aliphatic carbocycles. The van der Waals surface area contributed by atoms with Gasteiger partial charge in [-0.25, -0.2) is 0 Å². The number of alkyl halides is 2. The SMILES string of the molecule is Cc1cccc(C)c1NC(=O)CN(C)CC(=O)NCCc1ccc(OC(F)F)cc1. The van der Waals surface area contributed by atoms with Crippen LogP contribution in [0.15, 0.2) is 42.5 Å². The summed E-state index contributed by atoms with van der Waals surface area (Å²) in [6.07, 6.45) is 0.553. The van der Waals surface area contributed by atoms with Crippen LogP contribution in [0.1, 0.15) is 16.7 Å². The van der Waals surface area contributed by atoms with Crippen molar-refractivity contribution in [2.75, 3.05) is 32.0 Å². The molecule has 0 heterocycles. The maximum atomic E-state index is 12.3. The van der Waals surface area contributed by atoms with Gasteiger partial charge < -0.3 is 15.4 Å². The lowest BCUT2D eigenvalue weighted by Gasteiger charge is -2.17. The zero-order valence-corrected chi connectivity index (χ0v) is 17.4. The molecule has 2 amide bonds. The highest BCUT2D eigenvalue weighted by Gasteiger charge is 2.12. The Morgan fingerprint density at radius 3 is 2.20 bits per heavy atom. The number of rotatable bonds is 10. The molecule has 0 atom stereocenters. The molecule has 0 spiro atoms. The van der Waals surface area contributed by atoms with Crippen LogP contribution >= 0.6 is 0 Å². The summed E-state index contributed by atoms with van der Waals surface area (Å²) in [7, 11) is 1.70. The molecular weight excluding hydrogens is 392 g/mol. The second kappa shape index (κ2) is 11.3. The van der Waals surface area contributed by atoms with E-state index in [9.17, 15) is 18.4 Å². The number of hydrogen-bond acceptors (Lipinski definition) is 4. The Balaban J connectivity index is 1.70. The third kappa shape index (κ3) is 7.79. The third-order valence-electron chi connectivity index (χ3n) is 4.46. The van der Waals surface area contributed by atoms with Crippen LogP contribution in [0.25, 0.3) is 0 Å². The Morgan fingerprint density at radius 1 is 1.00 bits per heavy atom. The van der Waals surface area contributed by atoms with Crippen LogP contribution in [0, 0.1) is 13.8 Å². The molecule has 2 N–H and O–H groups in total. The molecule has 30 heavy (non-hydrogen) atoms. The number of hydrogen-bond donors (Lipinski definition) is 2. The highest BCUT2D eigenvalue weighted by molar-refractivity contribution is 5.94. The standard InChI is InChI=1S/C22H27F2N3O3/c1-15-5-4-6-16(2)21(15)26-20(29)14-27(3)13-19(28)25-12-11-17-7-9-18(10-8-17)30-22(23)24/h4-10,22H,11-14H2,1-3H3,(H,25,28)(H,26,29). The van der Waals surface area contributed by atoms with E-state index in [0.29, 0.717) is 13.0 Å². The molecule has 2 aromatic carbocycles. The average Bonchev–Trinajstić information content (AvgIpc) is 2.65. The molecule has 8 heteroatoms. The van der Waals surface area contributed by atoms with E-state index in [1.165, 1.54) is 12.1 Å². The first kappa shape index (κ1) is 23.3. The fourth-order valence-corrected chi connectivity index (χ4v) is 2.98. The summed E-state index contributed by atoms with van der Waals surface area (Å²) in [6, 6.07) is 12.1. The number of amides is 2. The Kier molecular flexibility index (Phi) is 8.73. The predicted molar refractivity (Wildman–Crippen MR) is 112 cm³/mol. The van der Waals surface area contributed by atoms with Crippen molar-refractivity contribution in [3.8, 4) is 5.75 Å². The van der Waals surface area contributed by atoms with Crippen molar-refractivity contribution in [1.82, 2.24) is 10.2 Å². The Bertz CT molecular complexity index is 837. The molecule has 0 radical (unpaired) electrons. The number of nitrogens with zero attached hydrogens (tertiary/aromatic N) is 1. The first-order chi connectivity index (χ1) is 14.2. The summed E-state index contributed by atoms with van der Waals surface area (Å²) < 4.78 is 28.6. The van der Waals surface area contributed by atoms with E-state index < -0.39 is 6.61 Å². The van der Waals surface area contributed by atoms with E-state index in [0.717, 1.165) is 22.4 Å². The zero-order valence-electron chi connectivity index (χ0n) is 17.4. The molecule has 2 rings (SSSR count). The molecule has 0 aromatic heterocycles. The van der Waals surface area contributed by atoms with Crippen LogP contribution < -0.4 is 15.4 Å². The van der Waals surface area contributed by atoms with Gasteiger partial charge in [0.2, 0.25) is 11.8 Å². The first-order valence-corrected chi connectivity index (χ1v) is 9.59. The largest absolute Gasteiger partial charge is 0.435 e. The van der Waals surface area contributed by atoms with Gasteiger partial charge in [-0.1, -0.05) is 30.3 Å². The smallest absolute Gasteiger partial charge is 0.387 e. The molecule has 0 aliphatic rings. The number of carbonyl (C=O) groups is 2. The van der Waals surface area contributed by atoms with Crippen LogP contribution in [-0.4, -0.2) is 50.0 Å². The summed E-state index contributed by atoms with van der Waals surface area (Å²) in [5.74, 6) is -0.289. The quantitative estimate of drug-likeness (QED) is 0.621. The van der Waals surface area contributed by atoms with Crippen molar-refractivity contribution in [3.05, 3.63) is 59.2 Å². The van der Waals surface area contributed by atoms with Gasteiger partial charge in [-0.2, -0.15) is 8.78 Å². The minimum absolute atomic E-state index is 0.0847. The Labute approximate surface area is 175 Å². The van der Waals surface area contributed by atoms with Gasteiger partial charge in [-0.05, 0) is 56.1 Å². The highest BCUT2D eigenvalue weighted by atomic mass is 19.3. The molecule has 0 saturated heterocycles. The van der Waals surface area contributed by atoms with Gasteiger partial charge in [-0.15, -0.1) is 0 Å². The number of benzene rings is 2. The van der Waals surface area contributed by atoms with Crippen molar-refractivity contribution in [2.24, 2.45) is 0 Å². The lowest BCUT2D eigenvalue weighted by atomic mass is 10.1. The minimum atomic E-state index is -2.85. The summed E-state index contributed by atoms with van der Waals surface area (Å²) in [6.45, 7) is 1.58. The van der Waals surface area contributed by atoms with Crippen molar-refractivity contribution < 1.29 is 23.1 Å². The van der Waals surface area contributed by atoms with E-state index in [-0.39, 0.29) is 30.7 Å². The molecule has 0 fully saturated rings. The van der Waals surface area contributed by atoms with E-state index in [1.807, 2.05) is 32.0 Å². The molecule has 0 saturated carbocycles. The lowest BCUT2D eigenvalue weighted by Crippen LogP contribution is -2.39. The van der Waals surface area contributed by atoms with Crippen LogP contribution in [0.5, 0.6) is 5.75 Å². The molecule has 6 nitrogen and oxygen atoms in total. The number of anilines is 1. The normalized spacial score (nSPS) is 10.9. The molecule has 162 valence electrons. The van der Waals surface area contributed by atoms with Crippen molar-refractivity contribution in [1.29, 1.82) is 0 Å². The van der Waals surface area contributed by atoms with E-state index in [4.69, 9.17) is 0 Å². The zero-order chi connectivity index (χ0) is 22.1.